The van der Waals surface area contributed by atoms with Crippen molar-refractivity contribution in [2.45, 2.75) is 31.8 Å². The Labute approximate surface area is 104 Å². The summed E-state index contributed by atoms with van der Waals surface area (Å²) in [5, 5.41) is 0. The molecule has 0 aliphatic carbocycles. The Hall–Kier alpha value is -1.06. The maximum atomic E-state index is 5.84. The average Bonchev–Trinajstić information content (AvgIpc) is 2.40. The Bertz CT molecular complexity index is 354. The van der Waals surface area contributed by atoms with Gasteiger partial charge < -0.3 is 10.5 Å². The van der Waals surface area contributed by atoms with Crippen LogP contribution in [0.2, 0.25) is 0 Å². The van der Waals surface area contributed by atoms with Crippen LogP contribution in [0.15, 0.2) is 24.3 Å². The lowest BCUT2D eigenvalue weighted by atomic mass is 10.0. The van der Waals surface area contributed by atoms with Crippen molar-refractivity contribution < 1.29 is 4.74 Å². The molecule has 3 heteroatoms. The highest BCUT2D eigenvalue weighted by atomic mass is 16.5. The van der Waals surface area contributed by atoms with Gasteiger partial charge in [0.15, 0.2) is 0 Å². The zero-order valence-electron chi connectivity index (χ0n) is 10.6. The van der Waals surface area contributed by atoms with Crippen LogP contribution in [-0.4, -0.2) is 31.1 Å². The second-order valence-electron chi connectivity index (χ2n) is 4.67. The van der Waals surface area contributed by atoms with Gasteiger partial charge in [-0.25, -0.2) is 0 Å². The summed E-state index contributed by atoms with van der Waals surface area (Å²) in [7, 11) is 1.73. The largest absolute Gasteiger partial charge is 0.496 e. The van der Waals surface area contributed by atoms with Crippen molar-refractivity contribution in [2.75, 3.05) is 20.2 Å². The summed E-state index contributed by atoms with van der Waals surface area (Å²) in [6.07, 6.45) is 3.82. The minimum Gasteiger partial charge on any atom is -0.496 e. The number of methoxy groups -OCH3 is 1. The highest BCUT2D eigenvalue weighted by Gasteiger charge is 2.21. The molecule has 1 heterocycles. The van der Waals surface area contributed by atoms with Crippen molar-refractivity contribution in [3.63, 3.8) is 0 Å². The van der Waals surface area contributed by atoms with Gasteiger partial charge in [0, 0.05) is 24.7 Å². The molecule has 0 bridgehead atoms. The molecule has 17 heavy (non-hydrogen) atoms. The first-order valence-corrected chi connectivity index (χ1v) is 6.41. The second-order valence-corrected chi connectivity index (χ2v) is 4.67. The minimum absolute atomic E-state index is 0.536. The van der Waals surface area contributed by atoms with E-state index in [4.69, 9.17) is 10.5 Å². The Morgan fingerprint density at radius 2 is 2.18 bits per heavy atom. The van der Waals surface area contributed by atoms with E-state index in [1.54, 1.807) is 7.11 Å². The summed E-state index contributed by atoms with van der Waals surface area (Å²) in [6, 6.07) is 8.78. The third kappa shape index (κ3) is 2.99. The molecule has 2 N–H and O–H groups in total. The topological polar surface area (TPSA) is 38.5 Å². The van der Waals surface area contributed by atoms with Crippen LogP contribution in [0.3, 0.4) is 0 Å². The van der Waals surface area contributed by atoms with Gasteiger partial charge in [-0.2, -0.15) is 0 Å². The van der Waals surface area contributed by atoms with Crippen molar-refractivity contribution in [1.29, 1.82) is 0 Å². The average molecular weight is 234 g/mol. The van der Waals surface area contributed by atoms with E-state index in [0.717, 1.165) is 25.4 Å². The quantitative estimate of drug-likeness (QED) is 0.866. The molecule has 0 amide bonds. The lowest BCUT2D eigenvalue weighted by Gasteiger charge is -2.35. The fourth-order valence-electron chi connectivity index (χ4n) is 2.59. The van der Waals surface area contributed by atoms with Gasteiger partial charge in [0.2, 0.25) is 0 Å². The summed E-state index contributed by atoms with van der Waals surface area (Å²) in [5.41, 5.74) is 7.10. The van der Waals surface area contributed by atoms with E-state index < -0.39 is 0 Å². The van der Waals surface area contributed by atoms with Crippen LogP contribution < -0.4 is 10.5 Å². The van der Waals surface area contributed by atoms with Crippen molar-refractivity contribution in [1.82, 2.24) is 4.90 Å². The molecule has 94 valence electrons. The number of likely N-dealkylation sites (tertiary alicyclic amines) is 1. The first kappa shape index (κ1) is 12.4. The molecule has 1 saturated heterocycles. The third-order valence-corrected chi connectivity index (χ3v) is 3.59. The fraction of sp³-hybridized carbons (Fsp3) is 0.571. The molecule has 1 aliphatic rings. The van der Waals surface area contributed by atoms with E-state index in [1.165, 1.54) is 24.8 Å². The van der Waals surface area contributed by atoms with Crippen LogP contribution in [0.4, 0.5) is 0 Å². The van der Waals surface area contributed by atoms with E-state index in [1.807, 2.05) is 12.1 Å². The second kappa shape index (κ2) is 6.03. The maximum absolute atomic E-state index is 5.84. The van der Waals surface area contributed by atoms with E-state index in [2.05, 4.69) is 17.0 Å². The van der Waals surface area contributed by atoms with Gasteiger partial charge in [-0.1, -0.05) is 24.6 Å². The van der Waals surface area contributed by atoms with Crippen molar-refractivity contribution in [3.05, 3.63) is 29.8 Å². The lowest BCUT2D eigenvalue weighted by molar-refractivity contribution is 0.143. The lowest BCUT2D eigenvalue weighted by Crippen LogP contribution is -2.43. The number of nitrogens with zero attached hydrogens (tertiary/aromatic N) is 1. The summed E-state index contributed by atoms with van der Waals surface area (Å²) < 4.78 is 5.40. The predicted molar refractivity (Wildman–Crippen MR) is 70.1 cm³/mol. The third-order valence-electron chi connectivity index (χ3n) is 3.59. The van der Waals surface area contributed by atoms with Crippen LogP contribution in [0.5, 0.6) is 5.75 Å². The molecule has 3 nitrogen and oxygen atoms in total. The monoisotopic (exact) mass is 234 g/mol. The maximum Gasteiger partial charge on any atom is 0.123 e. The minimum atomic E-state index is 0.536. The molecule has 1 aliphatic heterocycles. The number of piperidine rings is 1. The smallest absolute Gasteiger partial charge is 0.123 e. The van der Waals surface area contributed by atoms with Crippen LogP contribution in [0.1, 0.15) is 24.8 Å². The number of ether oxygens (including phenoxy) is 1. The zero-order valence-corrected chi connectivity index (χ0v) is 10.6. The summed E-state index contributed by atoms with van der Waals surface area (Å²) in [4.78, 5) is 2.49. The van der Waals surface area contributed by atoms with Crippen LogP contribution in [-0.2, 0) is 6.54 Å². The first-order chi connectivity index (χ1) is 8.35. The van der Waals surface area contributed by atoms with Gasteiger partial charge >= 0.3 is 0 Å². The first-order valence-electron chi connectivity index (χ1n) is 6.41. The molecular weight excluding hydrogens is 212 g/mol. The number of benzene rings is 1. The number of para-hydroxylation sites is 1. The number of hydrogen-bond acceptors (Lipinski definition) is 3. The molecule has 0 aromatic heterocycles. The van der Waals surface area contributed by atoms with E-state index in [-0.39, 0.29) is 0 Å². The van der Waals surface area contributed by atoms with Gasteiger partial charge in [0.1, 0.15) is 5.75 Å². The number of hydrogen-bond donors (Lipinski definition) is 1. The van der Waals surface area contributed by atoms with Gasteiger partial charge in [0.25, 0.3) is 0 Å². The van der Waals surface area contributed by atoms with Gasteiger partial charge in [-0.15, -0.1) is 0 Å². The zero-order chi connectivity index (χ0) is 12.1. The summed E-state index contributed by atoms with van der Waals surface area (Å²) in [6.45, 7) is 2.86. The number of rotatable bonds is 4. The van der Waals surface area contributed by atoms with Crippen LogP contribution in [0.25, 0.3) is 0 Å². The SMILES string of the molecule is COc1ccccc1CN1CCCC[C@@H]1CN. The molecule has 1 aromatic carbocycles. The van der Waals surface area contributed by atoms with E-state index in [0.29, 0.717) is 6.04 Å². The van der Waals surface area contributed by atoms with Crippen molar-refractivity contribution in [2.24, 2.45) is 5.73 Å². The Morgan fingerprint density at radius 3 is 2.94 bits per heavy atom. The Balaban J connectivity index is 2.08. The molecular formula is C14H22N2O. The van der Waals surface area contributed by atoms with Gasteiger partial charge in [0.05, 0.1) is 7.11 Å². The Morgan fingerprint density at radius 1 is 1.35 bits per heavy atom. The molecule has 1 fully saturated rings. The van der Waals surface area contributed by atoms with Gasteiger partial charge in [-0.05, 0) is 25.5 Å². The van der Waals surface area contributed by atoms with E-state index >= 15 is 0 Å². The highest BCUT2D eigenvalue weighted by Crippen LogP contribution is 2.23. The van der Waals surface area contributed by atoms with Crippen molar-refractivity contribution in [3.8, 4) is 5.75 Å². The van der Waals surface area contributed by atoms with Crippen LogP contribution >= 0.6 is 0 Å². The Kier molecular flexibility index (Phi) is 4.40. The molecule has 1 atom stereocenters. The van der Waals surface area contributed by atoms with Crippen LogP contribution in [0, 0.1) is 0 Å². The molecule has 0 saturated carbocycles. The normalized spacial score (nSPS) is 21.4. The molecule has 1 aromatic rings. The summed E-state index contributed by atoms with van der Waals surface area (Å²) >= 11 is 0. The standard InChI is InChI=1S/C14H22N2O/c1-17-14-8-3-2-6-12(14)11-16-9-5-4-7-13(16)10-15/h2-3,6,8,13H,4-5,7,9-11,15H2,1H3/t13-/m1/s1. The van der Waals surface area contributed by atoms with E-state index in [9.17, 15) is 0 Å². The molecule has 2 rings (SSSR count). The predicted octanol–water partition coefficient (Wildman–Crippen LogP) is 2.01. The van der Waals surface area contributed by atoms with Crippen molar-refractivity contribution >= 4 is 0 Å². The molecule has 0 radical (unpaired) electrons. The van der Waals surface area contributed by atoms with Gasteiger partial charge in [-0.3, -0.25) is 4.90 Å². The highest BCUT2D eigenvalue weighted by molar-refractivity contribution is 5.33. The number of nitrogens with two attached hydrogens (primary N) is 1. The molecule has 0 unspecified atom stereocenters. The summed E-state index contributed by atoms with van der Waals surface area (Å²) in [5.74, 6) is 0.980. The molecule has 0 spiro atoms. The fourth-order valence-corrected chi connectivity index (χ4v) is 2.59.